The maximum atomic E-state index is 6.57. The van der Waals surface area contributed by atoms with Gasteiger partial charge in [0, 0.05) is 130 Å². The molecular weight excluding hydrogens is 1650 g/mol. The van der Waals surface area contributed by atoms with Crippen LogP contribution >= 0.6 is 11.3 Å². The fourth-order valence-corrected chi connectivity index (χ4v) is 20.7. The average molecular weight is 1720 g/mol. The van der Waals surface area contributed by atoms with Gasteiger partial charge in [-0.2, -0.15) is 0 Å². The molecule has 9 heterocycles. The van der Waals surface area contributed by atoms with Crippen LogP contribution in [-0.4, -0.2) is 43.6 Å². The third-order valence-electron chi connectivity index (χ3n) is 25.6. The van der Waals surface area contributed by atoms with E-state index in [-0.39, 0.29) is 0 Å². The molecule has 0 aliphatic carbocycles. The molecule has 0 fully saturated rings. The number of thiophene rings is 1. The number of hydrogen-bond donors (Lipinski definition) is 0. The molecule has 0 aliphatic rings. The van der Waals surface area contributed by atoms with Crippen LogP contribution < -0.4 is 0 Å². The highest BCUT2D eigenvalue weighted by atomic mass is 32.1. The smallest absolute Gasteiger partial charge is 0.164 e. The van der Waals surface area contributed by atoms with E-state index in [4.69, 9.17) is 43.2 Å². The zero-order valence-electron chi connectivity index (χ0n) is 71.3. The summed E-state index contributed by atoms with van der Waals surface area (Å²) in [6.45, 7) is 0. The zero-order valence-corrected chi connectivity index (χ0v) is 72.1. The second-order valence-electron chi connectivity index (χ2n) is 33.5. The van der Waals surface area contributed by atoms with Crippen LogP contribution in [0.5, 0.6) is 0 Å². The molecule has 28 aromatic rings. The Kier molecular flexibility index (Phi) is 18.2. The number of furan rings is 3. The fourth-order valence-electron chi connectivity index (χ4n) is 19.6. The fraction of sp³-hybridized carbons (Fsp3) is 0. The molecule has 0 aliphatic heterocycles. The van der Waals surface area contributed by atoms with E-state index in [1.54, 1.807) is 0 Å². The van der Waals surface area contributed by atoms with Gasteiger partial charge < -0.3 is 27.0 Å². The highest BCUT2D eigenvalue weighted by molar-refractivity contribution is 7.26. The minimum atomic E-state index is 0.622. The predicted octanol–water partition coefficient (Wildman–Crippen LogP) is 32.1. The average Bonchev–Trinajstić information content (AvgIpc) is 1.57. The van der Waals surface area contributed by atoms with Gasteiger partial charge in [0.2, 0.25) is 0 Å². The summed E-state index contributed by atoms with van der Waals surface area (Å²) in [5.74, 6) is 3.82. The van der Waals surface area contributed by atoms with Gasteiger partial charge >= 0.3 is 0 Å². The maximum absolute atomic E-state index is 6.57. The summed E-state index contributed by atoms with van der Waals surface area (Å²) >= 11 is 1.87. The molecule has 13 heteroatoms. The van der Waals surface area contributed by atoms with Crippen LogP contribution in [0, 0.1) is 0 Å². The zero-order chi connectivity index (χ0) is 87.6. The van der Waals surface area contributed by atoms with Crippen molar-refractivity contribution in [3.63, 3.8) is 0 Å². The van der Waals surface area contributed by atoms with Gasteiger partial charge in [-0.15, -0.1) is 11.3 Å². The standard InChI is InChI=1S/C42H25NOS.2C39H24N4O/c1-2-11-26(12-3-1)27-21-28(30-16-10-20-41-42(30)33-15-6-9-19-40(33)45-41)23-29(22-27)43-36-17-7-4-13-31(36)34-25-39-35(24-37(34)43)32-14-5-8-18-38(32)44-39;1-4-12-25(13-5-1)37-40-38(26-14-6-2-7-15-26)42-39(41-37)27-20-22-32-31(24-27)35-33(43(32)28-16-8-3-9-17-28)23-21-30-29-18-10-11-19-34(29)44-36(30)35;1-3-12-25(13-4-1)37-40-38(26-14-5-2-6-15-26)42-39(41-37)27-16-11-17-28(22-27)43-33-20-9-7-18-29(33)31-24-36-32(23-34(31)43)30-19-8-10-21-35(30)44-36/h1-25H;2*1-24H. The molecule has 19 aromatic carbocycles. The first kappa shape index (κ1) is 76.5. The Labute approximate surface area is 764 Å². The number of aromatic nitrogens is 9. The molecule has 0 atom stereocenters. The second kappa shape index (κ2) is 31.6. The highest BCUT2D eigenvalue weighted by Crippen LogP contribution is 2.48. The minimum Gasteiger partial charge on any atom is -0.456 e. The van der Waals surface area contributed by atoms with E-state index >= 15 is 0 Å². The Bertz CT molecular complexity index is 9350. The maximum Gasteiger partial charge on any atom is 0.164 e. The van der Waals surface area contributed by atoms with E-state index in [9.17, 15) is 0 Å². The molecule has 0 N–H and O–H groups in total. The second-order valence-corrected chi connectivity index (χ2v) is 34.6. The van der Waals surface area contributed by atoms with Gasteiger partial charge in [-0.1, -0.05) is 303 Å². The molecule has 0 spiro atoms. The van der Waals surface area contributed by atoms with E-state index in [0.717, 1.165) is 154 Å². The van der Waals surface area contributed by atoms with Gasteiger partial charge in [0.15, 0.2) is 34.9 Å². The third kappa shape index (κ3) is 13.2. The van der Waals surface area contributed by atoms with E-state index in [1.165, 1.54) is 69.6 Å². The van der Waals surface area contributed by atoms with Crippen molar-refractivity contribution in [2.45, 2.75) is 0 Å². The lowest BCUT2D eigenvalue weighted by Gasteiger charge is -2.15. The molecule has 0 saturated heterocycles. The van der Waals surface area contributed by atoms with Gasteiger partial charge in [0.1, 0.15) is 33.5 Å². The number of rotatable bonds is 11. The molecule has 0 amide bonds. The van der Waals surface area contributed by atoms with E-state index in [0.29, 0.717) is 34.9 Å². The summed E-state index contributed by atoms with van der Waals surface area (Å²) in [7, 11) is 0. The van der Waals surface area contributed by atoms with Crippen molar-refractivity contribution in [3.8, 4) is 108 Å². The molecule has 0 unspecified atom stereocenters. The Morgan fingerprint density at radius 2 is 0.549 bits per heavy atom. The Morgan fingerprint density at radius 3 is 1.09 bits per heavy atom. The van der Waals surface area contributed by atoms with Crippen LogP contribution in [0.1, 0.15) is 0 Å². The lowest BCUT2D eigenvalue weighted by atomic mass is 9.95. The molecule has 0 radical (unpaired) electrons. The van der Waals surface area contributed by atoms with Crippen LogP contribution in [0.3, 0.4) is 0 Å². The first-order valence-corrected chi connectivity index (χ1v) is 45.3. The first-order chi connectivity index (χ1) is 65.9. The molecule has 0 bridgehead atoms. The lowest BCUT2D eigenvalue weighted by molar-refractivity contribution is 0.669. The largest absolute Gasteiger partial charge is 0.456 e. The number of fused-ring (bicyclic) bond motifs is 22. The Hall–Kier alpha value is -17.8. The van der Waals surface area contributed by atoms with E-state index < -0.39 is 0 Å². The van der Waals surface area contributed by atoms with Crippen molar-refractivity contribution in [1.29, 1.82) is 0 Å². The SMILES string of the molecule is c1ccc(-c2cc(-c3cccc4sc5ccccc5c34)cc(-n3c4ccccc4c4cc5oc6ccccc6c5cc43)c2)cc1.c1ccc(-c2nc(-c3ccccc3)nc(-c3ccc4c(c3)c3c5oc6ccccc6c5ccc3n4-c3ccccc3)n2)cc1.c1ccc(-c2nc(-c3ccccc3)nc(-c3cccc(-n4c5ccccc5c5cc6oc7ccccc7c6cc54)c3)n2)cc1. The van der Waals surface area contributed by atoms with E-state index in [2.05, 4.69) is 299 Å². The summed E-state index contributed by atoms with van der Waals surface area (Å²) in [6, 6.07) is 154. The molecule has 133 heavy (non-hydrogen) atoms. The quantitative estimate of drug-likeness (QED) is 0.124. The number of hydrogen-bond acceptors (Lipinski definition) is 10. The van der Waals surface area contributed by atoms with Crippen LogP contribution in [0.15, 0.2) is 456 Å². The van der Waals surface area contributed by atoms with Gasteiger partial charge in [-0.3, -0.25) is 0 Å². The molecule has 28 rings (SSSR count). The van der Waals surface area contributed by atoms with Crippen LogP contribution in [0.4, 0.5) is 0 Å². The van der Waals surface area contributed by atoms with Crippen molar-refractivity contribution in [3.05, 3.63) is 443 Å². The monoisotopic (exact) mass is 1720 g/mol. The summed E-state index contributed by atoms with van der Waals surface area (Å²) in [4.78, 5) is 29.7. The first-order valence-electron chi connectivity index (χ1n) is 44.5. The van der Waals surface area contributed by atoms with Crippen molar-refractivity contribution in [2.24, 2.45) is 0 Å². The number of nitrogens with zero attached hydrogens (tertiary/aromatic N) is 9. The number of para-hydroxylation sites is 6. The number of benzene rings is 19. The van der Waals surface area contributed by atoms with Crippen molar-refractivity contribution >= 4 is 163 Å². The van der Waals surface area contributed by atoms with Crippen molar-refractivity contribution in [1.82, 2.24) is 43.6 Å². The molecule has 9 aromatic heterocycles. The Balaban J connectivity index is 0.000000104. The van der Waals surface area contributed by atoms with Crippen LogP contribution in [0.2, 0.25) is 0 Å². The minimum absolute atomic E-state index is 0.622. The third-order valence-corrected chi connectivity index (χ3v) is 26.8. The highest BCUT2D eigenvalue weighted by Gasteiger charge is 2.26. The van der Waals surface area contributed by atoms with Gasteiger partial charge in [0.25, 0.3) is 0 Å². The summed E-state index contributed by atoms with van der Waals surface area (Å²) in [5.41, 5.74) is 25.9. The topological polar surface area (TPSA) is 132 Å². The lowest BCUT2D eigenvalue weighted by Crippen LogP contribution is -2.01. The molecule has 622 valence electrons. The van der Waals surface area contributed by atoms with Gasteiger partial charge in [-0.05, 0) is 162 Å². The summed E-state index contributed by atoms with van der Waals surface area (Å²) < 4.78 is 28.9. The molecular formula is C120H73N9O3S. The van der Waals surface area contributed by atoms with Crippen molar-refractivity contribution in [2.75, 3.05) is 0 Å². The van der Waals surface area contributed by atoms with Crippen LogP contribution in [0.25, 0.3) is 259 Å². The van der Waals surface area contributed by atoms with Gasteiger partial charge in [0.05, 0.1) is 38.5 Å². The van der Waals surface area contributed by atoms with Gasteiger partial charge in [-0.25, -0.2) is 29.9 Å². The Morgan fingerprint density at radius 1 is 0.173 bits per heavy atom. The normalized spacial score (nSPS) is 11.8. The molecule has 0 saturated carbocycles. The summed E-state index contributed by atoms with van der Waals surface area (Å²) in [6.07, 6.45) is 0. The van der Waals surface area contributed by atoms with E-state index in [1.807, 2.05) is 169 Å². The van der Waals surface area contributed by atoms with Crippen LogP contribution in [-0.2, 0) is 0 Å². The summed E-state index contributed by atoms with van der Waals surface area (Å²) in [5, 5.41) is 16.2. The van der Waals surface area contributed by atoms with Crippen molar-refractivity contribution < 1.29 is 13.3 Å². The molecule has 12 nitrogen and oxygen atoms in total. The predicted molar refractivity (Wildman–Crippen MR) is 547 cm³/mol.